The highest BCUT2D eigenvalue weighted by atomic mass is 19.1. The highest BCUT2D eigenvalue weighted by Crippen LogP contribution is 2.17. The molecule has 1 aromatic rings. The Balaban J connectivity index is 2.84. The van der Waals surface area contributed by atoms with Gasteiger partial charge in [-0.15, -0.1) is 0 Å². The van der Waals surface area contributed by atoms with Crippen molar-refractivity contribution in [1.82, 2.24) is 4.90 Å². The summed E-state index contributed by atoms with van der Waals surface area (Å²) in [5, 5.41) is 0. The first kappa shape index (κ1) is 12.7. The van der Waals surface area contributed by atoms with Crippen molar-refractivity contribution in [3.05, 3.63) is 35.6 Å². The van der Waals surface area contributed by atoms with Crippen molar-refractivity contribution in [2.24, 2.45) is 0 Å². The largest absolute Gasteiger partial charge is 0.334 e. The van der Waals surface area contributed by atoms with Crippen LogP contribution < -0.4 is 0 Å². The molecule has 0 spiro atoms. The lowest BCUT2D eigenvalue weighted by Crippen LogP contribution is -2.43. The van der Waals surface area contributed by atoms with Crippen LogP contribution >= 0.6 is 0 Å². The molecule has 0 aliphatic carbocycles. The molecule has 0 aliphatic heterocycles. The molecule has 0 fully saturated rings. The Bertz CT molecular complexity index is 365. The van der Waals surface area contributed by atoms with Crippen LogP contribution in [0.1, 0.15) is 33.3 Å². The van der Waals surface area contributed by atoms with Gasteiger partial charge in [-0.2, -0.15) is 0 Å². The van der Waals surface area contributed by atoms with Gasteiger partial charge < -0.3 is 4.90 Å². The maximum Gasteiger partial charge on any atom is 0.220 e. The van der Waals surface area contributed by atoms with Gasteiger partial charge >= 0.3 is 0 Å². The van der Waals surface area contributed by atoms with Crippen LogP contribution in [-0.2, 0) is 11.3 Å². The molecule has 0 aromatic heterocycles. The third-order valence-electron chi connectivity index (χ3n) is 2.44. The molecular formula is C13H18FNO. The van der Waals surface area contributed by atoms with Gasteiger partial charge in [0.2, 0.25) is 5.91 Å². The van der Waals surface area contributed by atoms with Crippen LogP contribution in [0, 0.1) is 5.82 Å². The third-order valence-corrected chi connectivity index (χ3v) is 2.44. The van der Waals surface area contributed by atoms with Gasteiger partial charge in [-0.3, -0.25) is 4.79 Å². The predicted molar refractivity (Wildman–Crippen MR) is 62.4 cm³/mol. The Morgan fingerprint density at radius 3 is 2.12 bits per heavy atom. The topological polar surface area (TPSA) is 20.3 Å². The van der Waals surface area contributed by atoms with E-state index in [0.29, 0.717) is 6.54 Å². The fourth-order valence-corrected chi connectivity index (χ4v) is 1.59. The van der Waals surface area contributed by atoms with Crippen LogP contribution in [0.2, 0.25) is 0 Å². The number of amides is 1. The Hall–Kier alpha value is -1.38. The van der Waals surface area contributed by atoms with Crippen LogP contribution in [-0.4, -0.2) is 16.3 Å². The van der Waals surface area contributed by atoms with Crippen molar-refractivity contribution in [2.45, 2.75) is 39.8 Å². The average Bonchev–Trinajstić information content (AvgIpc) is 2.14. The molecule has 1 aromatic carbocycles. The lowest BCUT2D eigenvalue weighted by Gasteiger charge is -2.35. The fraction of sp³-hybridized carbons (Fsp3) is 0.462. The van der Waals surface area contributed by atoms with E-state index in [1.165, 1.54) is 12.1 Å². The summed E-state index contributed by atoms with van der Waals surface area (Å²) in [5.41, 5.74) is 0.715. The van der Waals surface area contributed by atoms with Gasteiger partial charge in [-0.25, -0.2) is 4.39 Å². The molecule has 0 radical (unpaired) electrons. The summed E-state index contributed by atoms with van der Waals surface area (Å²) >= 11 is 0. The lowest BCUT2D eigenvalue weighted by molar-refractivity contribution is -0.134. The van der Waals surface area contributed by atoms with Crippen molar-refractivity contribution < 1.29 is 9.18 Å². The number of carbonyl (C=O) groups excluding carboxylic acids is 1. The van der Waals surface area contributed by atoms with Crippen LogP contribution in [0.15, 0.2) is 24.3 Å². The molecule has 88 valence electrons. The average molecular weight is 223 g/mol. The number of hydrogen-bond acceptors (Lipinski definition) is 1. The van der Waals surface area contributed by atoms with Gasteiger partial charge in [0.25, 0.3) is 0 Å². The normalized spacial score (nSPS) is 11.3. The molecule has 3 heteroatoms. The minimum absolute atomic E-state index is 0.0248. The Morgan fingerprint density at radius 2 is 1.75 bits per heavy atom. The first-order chi connectivity index (χ1) is 7.30. The zero-order valence-corrected chi connectivity index (χ0v) is 10.2. The number of carbonyl (C=O) groups is 1. The predicted octanol–water partition coefficient (Wildman–Crippen LogP) is 2.97. The summed E-state index contributed by atoms with van der Waals surface area (Å²) in [4.78, 5) is 13.3. The summed E-state index contributed by atoms with van der Waals surface area (Å²) < 4.78 is 12.7. The monoisotopic (exact) mass is 223 g/mol. The highest BCUT2D eigenvalue weighted by Gasteiger charge is 2.23. The van der Waals surface area contributed by atoms with Crippen molar-refractivity contribution in [1.29, 1.82) is 0 Å². The minimum Gasteiger partial charge on any atom is -0.334 e. The van der Waals surface area contributed by atoms with Gasteiger partial charge in [-0.05, 0) is 38.5 Å². The zero-order chi connectivity index (χ0) is 12.3. The maximum atomic E-state index is 12.7. The third kappa shape index (κ3) is 3.33. The van der Waals surface area contributed by atoms with E-state index in [9.17, 15) is 9.18 Å². The molecule has 1 amide bonds. The summed E-state index contributed by atoms with van der Waals surface area (Å²) in [6.07, 6.45) is 0. The molecule has 0 heterocycles. The van der Waals surface area contributed by atoms with E-state index in [0.717, 1.165) is 5.56 Å². The first-order valence-corrected chi connectivity index (χ1v) is 5.33. The van der Waals surface area contributed by atoms with E-state index >= 15 is 0 Å². The van der Waals surface area contributed by atoms with Crippen LogP contribution in [0.3, 0.4) is 0 Å². The van der Waals surface area contributed by atoms with Crippen LogP contribution in [0.25, 0.3) is 0 Å². The lowest BCUT2D eigenvalue weighted by atomic mass is 10.0. The van der Waals surface area contributed by atoms with Gasteiger partial charge in [-0.1, -0.05) is 12.1 Å². The van der Waals surface area contributed by atoms with Crippen molar-refractivity contribution >= 4 is 5.91 Å². The molecule has 0 saturated heterocycles. The van der Waals surface area contributed by atoms with Crippen LogP contribution in [0.5, 0.6) is 0 Å². The molecule has 0 unspecified atom stereocenters. The molecule has 0 bridgehead atoms. The summed E-state index contributed by atoms with van der Waals surface area (Å²) in [6.45, 7) is 8.02. The van der Waals surface area contributed by atoms with Crippen molar-refractivity contribution in [3.63, 3.8) is 0 Å². The number of nitrogens with zero attached hydrogens (tertiary/aromatic N) is 1. The summed E-state index contributed by atoms with van der Waals surface area (Å²) in [6, 6.07) is 6.24. The smallest absolute Gasteiger partial charge is 0.220 e. The number of rotatable bonds is 2. The van der Waals surface area contributed by atoms with E-state index in [1.807, 2.05) is 20.8 Å². The van der Waals surface area contributed by atoms with E-state index in [-0.39, 0.29) is 17.3 Å². The first-order valence-electron chi connectivity index (χ1n) is 5.33. The molecule has 0 aliphatic rings. The van der Waals surface area contributed by atoms with E-state index in [2.05, 4.69) is 0 Å². The van der Waals surface area contributed by atoms with Gasteiger partial charge in [0.05, 0.1) is 0 Å². The molecule has 16 heavy (non-hydrogen) atoms. The SMILES string of the molecule is CC(=O)N(Cc1ccc(F)cc1)C(C)(C)C. The zero-order valence-electron chi connectivity index (χ0n) is 10.2. The van der Waals surface area contributed by atoms with E-state index in [4.69, 9.17) is 0 Å². The highest BCUT2D eigenvalue weighted by molar-refractivity contribution is 5.74. The second-order valence-corrected chi connectivity index (χ2v) is 4.90. The molecule has 0 atom stereocenters. The fourth-order valence-electron chi connectivity index (χ4n) is 1.59. The minimum atomic E-state index is -0.256. The summed E-state index contributed by atoms with van der Waals surface area (Å²) in [5.74, 6) is -0.231. The van der Waals surface area contributed by atoms with Gasteiger partial charge in [0, 0.05) is 19.0 Å². The second kappa shape index (κ2) is 4.64. The molecular weight excluding hydrogens is 205 g/mol. The standard InChI is InChI=1S/C13H18FNO/c1-10(16)15(13(2,3)4)9-11-5-7-12(14)8-6-11/h5-8H,9H2,1-4H3. The molecule has 2 nitrogen and oxygen atoms in total. The van der Waals surface area contributed by atoms with E-state index < -0.39 is 0 Å². The molecule has 1 rings (SSSR count). The number of hydrogen-bond donors (Lipinski definition) is 0. The van der Waals surface area contributed by atoms with Gasteiger partial charge in [0.1, 0.15) is 5.82 Å². The Labute approximate surface area is 96.1 Å². The molecule has 0 saturated carbocycles. The summed E-state index contributed by atoms with van der Waals surface area (Å²) in [7, 11) is 0. The maximum absolute atomic E-state index is 12.7. The second-order valence-electron chi connectivity index (χ2n) is 4.90. The van der Waals surface area contributed by atoms with Crippen LogP contribution in [0.4, 0.5) is 4.39 Å². The Morgan fingerprint density at radius 1 is 1.25 bits per heavy atom. The number of benzene rings is 1. The Kier molecular flexibility index (Phi) is 3.68. The molecule has 0 N–H and O–H groups in total. The van der Waals surface area contributed by atoms with Crippen molar-refractivity contribution in [2.75, 3.05) is 0 Å². The van der Waals surface area contributed by atoms with E-state index in [1.54, 1.807) is 24.0 Å². The number of halogens is 1. The van der Waals surface area contributed by atoms with Gasteiger partial charge in [0.15, 0.2) is 0 Å². The van der Waals surface area contributed by atoms with Crippen molar-refractivity contribution in [3.8, 4) is 0 Å². The quantitative estimate of drug-likeness (QED) is 0.754.